The van der Waals surface area contributed by atoms with Gasteiger partial charge in [-0.2, -0.15) is 0 Å². The van der Waals surface area contributed by atoms with Crippen molar-refractivity contribution in [2.45, 2.75) is 122 Å². The standard InChI is InChI=1S/C23H47NO4/c1-2-22(19-20-23(25)26)18-16-14-12-10-8-6-4-3-5-7-9-11-13-15-17-21-24(27)28/h3-4,22-23,25-28H,2,5-21H2,1H3/b4-3-. The topological polar surface area (TPSA) is 84.2 Å². The molecular weight excluding hydrogens is 354 g/mol. The number of aliphatic hydroxyl groups excluding tert-OH is 1. The minimum Gasteiger partial charge on any atom is -0.368 e. The van der Waals surface area contributed by atoms with E-state index in [4.69, 9.17) is 20.6 Å². The van der Waals surface area contributed by atoms with Crippen molar-refractivity contribution in [3.05, 3.63) is 12.2 Å². The van der Waals surface area contributed by atoms with Crippen LogP contribution < -0.4 is 0 Å². The van der Waals surface area contributed by atoms with Gasteiger partial charge >= 0.3 is 0 Å². The van der Waals surface area contributed by atoms with Crippen molar-refractivity contribution in [3.8, 4) is 0 Å². The summed E-state index contributed by atoms with van der Waals surface area (Å²) in [5, 5.41) is 35.4. The SMILES string of the molecule is CCC(CCCCCCC/C=C\CCCCCCCCN(O)O)CCC(O)O. The molecule has 0 aromatic heterocycles. The minimum atomic E-state index is -1.14. The van der Waals surface area contributed by atoms with Crippen LogP contribution in [0.25, 0.3) is 0 Å². The first kappa shape index (κ1) is 27.5. The van der Waals surface area contributed by atoms with Crippen molar-refractivity contribution < 1.29 is 20.6 Å². The summed E-state index contributed by atoms with van der Waals surface area (Å²) in [6.07, 6.45) is 23.1. The Morgan fingerprint density at radius 2 is 1.14 bits per heavy atom. The van der Waals surface area contributed by atoms with E-state index in [1.807, 2.05) is 0 Å². The van der Waals surface area contributed by atoms with Gasteiger partial charge < -0.3 is 10.2 Å². The molecule has 0 aliphatic rings. The Labute approximate surface area is 173 Å². The van der Waals surface area contributed by atoms with Crippen LogP contribution in [0.5, 0.6) is 0 Å². The lowest BCUT2D eigenvalue weighted by atomic mass is 9.93. The molecule has 0 aliphatic carbocycles. The number of hydrogen-bond donors (Lipinski definition) is 4. The maximum atomic E-state index is 8.96. The normalized spacial score (nSPS) is 13.2. The maximum absolute atomic E-state index is 8.96. The molecule has 4 N–H and O–H groups in total. The molecule has 0 bridgehead atoms. The number of hydrogen-bond acceptors (Lipinski definition) is 5. The van der Waals surface area contributed by atoms with Gasteiger partial charge in [0.15, 0.2) is 6.29 Å². The van der Waals surface area contributed by atoms with E-state index in [2.05, 4.69) is 19.1 Å². The molecule has 0 rings (SSSR count). The highest BCUT2D eigenvalue weighted by Gasteiger charge is 2.08. The van der Waals surface area contributed by atoms with Crippen LogP contribution in [0.2, 0.25) is 0 Å². The van der Waals surface area contributed by atoms with Crippen LogP contribution in [-0.2, 0) is 0 Å². The monoisotopic (exact) mass is 401 g/mol. The summed E-state index contributed by atoms with van der Waals surface area (Å²) in [7, 11) is 0. The van der Waals surface area contributed by atoms with Crippen molar-refractivity contribution in [2.75, 3.05) is 6.54 Å². The molecule has 1 atom stereocenters. The van der Waals surface area contributed by atoms with E-state index in [0.717, 1.165) is 25.7 Å². The van der Waals surface area contributed by atoms with Gasteiger partial charge in [-0.05, 0) is 50.9 Å². The first-order valence-corrected chi connectivity index (χ1v) is 11.7. The summed E-state index contributed by atoms with van der Waals surface area (Å²) in [6.45, 7) is 2.54. The van der Waals surface area contributed by atoms with Crippen LogP contribution in [0.4, 0.5) is 0 Å². The highest BCUT2D eigenvalue weighted by Crippen LogP contribution is 2.20. The largest absolute Gasteiger partial charge is 0.368 e. The second-order valence-corrected chi connectivity index (χ2v) is 8.15. The lowest BCUT2D eigenvalue weighted by molar-refractivity contribution is -0.306. The van der Waals surface area contributed by atoms with Gasteiger partial charge in [0, 0.05) is 0 Å². The molecular formula is C23H47NO4. The van der Waals surface area contributed by atoms with Gasteiger partial charge in [-0.15, -0.1) is 0 Å². The fourth-order valence-electron chi connectivity index (χ4n) is 3.62. The summed E-state index contributed by atoms with van der Waals surface area (Å²) < 4.78 is 0. The Hall–Kier alpha value is -0.460. The van der Waals surface area contributed by atoms with Gasteiger partial charge in [0.25, 0.3) is 0 Å². The Bertz CT molecular complexity index is 335. The van der Waals surface area contributed by atoms with Crippen molar-refractivity contribution >= 4 is 0 Å². The minimum absolute atomic E-state index is 0.278. The predicted molar refractivity (Wildman–Crippen MR) is 115 cm³/mol. The molecule has 0 spiro atoms. The van der Waals surface area contributed by atoms with Crippen molar-refractivity contribution in [2.24, 2.45) is 5.92 Å². The third-order valence-corrected chi connectivity index (χ3v) is 5.54. The van der Waals surface area contributed by atoms with E-state index >= 15 is 0 Å². The number of hydroxylamine groups is 2. The molecule has 5 nitrogen and oxygen atoms in total. The zero-order chi connectivity index (χ0) is 20.9. The number of nitrogens with zero attached hydrogens (tertiary/aromatic N) is 1. The second kappa shape index (κ2) is 21.3. The Morgan fingerprint density at radius 1 is 0.643 bits per heavy atom. The summed E-state index contributed by atoms with van der Waals surface area (Å²) in [4.78, 5) is 0. The van der Waals surface area contributed by atoms with Gasteiger partial charge in [0.1, 0.15) is 0 Å². The van der Waals surface area contributed by atoms with E-state index in [9.17, 15) is 0 Å². The summed E-state index contributed by atoms with van der Waals surface area (Å²) in [5.41, 5.74) is 0. The summed E-state index contributed by atoms with van der Waals surface area (Å²) in [5.74, 6) is 0.649. The highest BCUT2D eigenvalue weighted by molar-refractivity contribution is 4.81. The number of rotatable bonds is 21. The first-order chi connectivity index (χ1) is 13.6. The molecule has 0 saturated heterocycles. The molecule has 0 heterocycles. The van der Waals surface area contributed by atoms with E-state index in [-0.39, 0.29) is 5.23 Å². The summed E-state index contributed by atoms with van der Waals surface area (Å²) in [6, 6.07) is 0. The average Bonchev–Trinajstić information content (AvgIpc) is 2.66. The van der Waals surface area contributed by atoms with Crippen LogP contribution in [0, 0.1) is 5.92 Å². The van der Waals surface area contributed by atoms with Crippen LogP contribution in [0.15, 0.2) is 12.2 Å². The highest BCUT2D eigenvalue weighted by atomic mass is 16.8. The third kappa shape index (κ3) is 21.8. The fraction of sp³-hybridized carbons (Fsp3) is 0.913. The average molecular weight is 402 g/mol. The van der Waals surface area contributed by atoms with Crippen LogP contribution in [-0.4, -0.2) is 38.7 Å². The predicted octanol–water partition coefficient (Wildman–Crippen LogP) is 6.20. The van der Waals surface area contributed by atoms with Crippen molar-refractivity contribution in [1.82, 2.24) is 5.23 Å². The molecule has 0 aromatic rings. The van der Waals surface area contributed by atoms with Gasteiger partial charge in [-0.3, -0.25) is 10.4 Å². The van der Waals surface area contributed by atoms with Gasteiger partial charge in [0.2, 0.25) is 0 Å². The molecule has 1 unspecified atom stereocenters. The van der Waals surface area contributed by atoms with Crippen LogP contribution >= 0.6 is 0 Å². The van der Waals surface area contributed by atoms with E-state index < -0.39 is 6.29 Å². The smallest absolute Gasteiger partial charge is 0.151 e. The molecule has 28 heavy (non-hydrogen) atoms. The zero-order valence-electron chi connectivity index (χ0n) is 18.3. The molecule has 0 saturated carbocycles. The summed E-state index contributed by atoms with van der Waals surface area (Å²) >= 11 is 0. The van der Waals surface area contributed by atoms with Gasteiger partial charge in [-0.1, -0.05) is 88.5 Å². The molecule has 0 aromatic carbocycles. The second-order valence-electron chi connectivity index (χ2n) is 8.15. The van der Waals surface area contributed by atoms with Crippen LogP contribution in [0.3, 0.4) is 0 Å². The van der Waals surface area contributed by atoms with Crippen LogP contribution in [0.1, 0.15) is 116 Å². The molecule has 0 aliphatic heterocycles. The lowest BCUT2D eigenvalue weighted by Crippen LogP contribution is -2.14. The lowest BCUT2D eigenvalue weighted by Gasteiger charge is -2.15. The van der Waals surface area contributed by atoms with Gasteiger partial charge in [0.05, 0.1) is 6.54 Å². The first-order valence-electron chi connectivity index (χ1n) is 11.7. The maximum Gasteiger partial charge on any atom is 0.151 e. The fourth-order valence-corrected chi connectivity index (χ4v) is 3.62. The molecule has 0 radical (unpaired) electrons. The number of aliphatic hydroxyl groups is 2. The van der Waals surface area contributed by atoms with E-state index in [0.29, 0.717) is 18.9 Å². The Balaban J connectivity index is 3.27. The van der Waals surface area contributed by atoms with E-state index in [1.54, 1.807) is 0 Å². The van der Waals surface area contributed by atoms with Crippen molar-refractivity contribution in [1.29, 1.82) is 0 Å². The quantitative estimate of drug-likeness (QED) is 0.0796. The number of unbranched alkanes of at least 4 members (excludes halogenated alkanes) is 11. The molecule has 0 amide bonds. The van der Waals surface area contributed by atoms with Crippen molar-refractivity contribution in [3.63, 3.8) is 0 Å². The van der Waals surface area contributed by atoms with E-state index in [1.165, 1.54) is 77.0 Å². The Morgan fingerprint density at radius 3 is 1.64 bits per heavy atom. The molecule has 0 fully saturated rings. The van der Waals surface area contributed by atoms with Gasteiger partial charge in [-0.25, -0.2) is 0 Å². The Kier molecular flexibility index (Phi) is 20.9. The molecule has 168 valence electrons. The zero-order valence-corrected chi connectivity index (χ0v) is 18.3. The number of allylic oxidation sites excluding steroid dienone is 2. The molecule has 5 heteroatoms. The third-order valence-electron chi connectivity index (χ3n) is 5.54.